The van der Waals surface area contributed by atoms with E-state index in [4.69, 9.17) is 23.7 Å². The Bertz CT molecular complexity index is 1100. The van der Waals surface area contributed by atoms with Crippen LogP contribution in [0.25, 0.3) is 0 Å². The van der Waals surface area contributed by atoms with E-state index in [1.54, 1.807) is 13.8 Å². The molecular weight excluding hydrogens is 404 g/mol. The minimum Gasteiger partial charge on any atom is -0.359 e. The molecule has 0 saturated carbocycles. The third-order valence-electron chi connectivity index (χ3n) is 4.95. The molecule has 0 amide bonds. The van der Waals surface area contributed by atoms with E-state index in [1.807, 2.05) is 30.3 Å². The van der Waals surface area contributed by atoms with Crippen LogP contribution in [-0.2, 0) is 23.7 Å². The minimum absolute atomic E-state index is 0.0958. The molecule has 1 aromatic heterocycles. The van der Waals surface area contributed by atoms with Gasteiger partial charge in [-0.25, -0.2) is 4.79 Å². The molecule has 0 unspecified atom stereocenters. The van der Waals surface area contributed by atoms with E-state index in [0.29, 0.717) is 0 Å². The maximum absolute atomic E-state index is 12.8. The number of ether oxygens (including phenoxy) is 5. The molecule has 31 heavy (non-hydrogen) atoms. The minimum atomic E-state index is -0.863. The normalized spacial score (nSPS) is 26.3. The van der Waals surface area contributed by atoms with Gasteiger partial charge in [-0.15, -0.1) is 0 Å². The van der Waals surface area contributed by atoms with Crippen molar-refractivity contribution in [3.63, 3.8) is 0 Å². The van der Waals surface area contributed by atoms with Gasteiger partial charge in [0, 0.05) is 18.7 Å². The van der Waals surface area contributed by atoms with E-state index >= 15 is 0 Å². The van der Waals surface area contributed by atoms with Crippen molar-refractivity contribution in [3.8, 4) is 11.8 Å². The van der Waals surface area contributed by atoms with E-state index < -0.39 is 41.6 Å². The number of fused-ring (bicyclic) bond motifs is 1. The lowest BCUT2D eigenvalue weighted by Crippen LogP contribution is -2.39. The molecule has 2 aromatic rings. The molecule has 0 radical (unpaired) electrons. The zero-order valence-corrected chi connectivity index (χ0v) is 17.5. The van der Waals surface area contributed by atoms with Gasteiger partial charge < -0.3 is 23.7 Å². The Hall–Kier alpha value is -2.74. The van der Waals surface area contributed by atoms with Crippen LogP contribution in [0, 0.1) is 11.8 Å². The summed E-state index contributed by atoms with van der Waals surface area (Å²) in [5.41, 5.74) is -0.218. The molecule has 1 aromatic carbocycles. The van der Waals surface area contributed by atoms with E-state index in [1.165, 1.54) is 17.7 Å². The Morgan fingerprint density at radius 1 is 1.13 bits per heavy atom. The second kappa shape index (κ2) is 8.78. The fourth-order valence-corrected chi connectivity index (χ4v) is 3.76. The number of methoxy groups -OCH3 is 1. The summed E-state index contributed by atoms with van der Waals surface area (Å²) in [7, 11) is 1.52. The average molecular weight is 428 g/mol. The molecule has 4 rings (SSSR count). The molecule has 2 fully saturated rings. The quantitative estimate of drug-likeness (QED) is 0.430. The van der Waals surface area contributed by atoms with Gasteiger partial charge in [0.2, 0.25) is 0 Å². The van der Waals surface area contributed by atoms with Crippen molar-refractivity contribution in [2.24, 2.45) is 0 Å². The van der Waals surface area contributed by atoms with Gasteiger partial charge in [0.15, 0.2) is 12.0 Å². The van der Waals surface area contributed by atoms with E-state index in [-0.39, 0.29) is 19.1 Å². The fraction of sp³-hybridized carbons (Fsp3) is 0.455. The Labute approximate surface area is 178 Å². The van der Waals surface area contributed by atoms with Crippen molar-refractivity contribution in [3.05, 3.63) is 68.5 Å². The van der Waals surface area contributed by atoms with Crippen molar-refractivity contribution in [2.75, 3.05) is 20.5 Å². The first-order valence-electron chi connectivity index (χ1n) is 9.89. The van der Waals surface area contributed by atoms with Crippen molar-refractivity contribution in [2.45, 2.75) is 44.2 Å². The molecule has 2 aliphatic rings. The van der Waals surface area contributed by atoms with Gasteiger partial charge in [-0.05, 0) is 31.9 Å². The average Bonchev–Trinajstić information content (AvgIpc) is 3.20. The van der Waals surface area contributed by atoms with Crippen LogP contribution in [0.5, 0.6) is 0 Å². The van der Waals surface area contributed by atoms with E-state index in [0.717, 1.165) is 5.56 Å². The van der Waals surface area contributed by atoms with Crippen LogP contribution >= 0.6 is 0 Å². The summed E-state index contributed by atoms with van der Waals surface area (Å²) < 4.78 is 29.9. The third kappa shape index (κ3) is 4.63. The predicted octanol–water partition coefficient (Wildman–Crippen LogP) is 0.974. The second-order valence-corrected chi connectivity index (χ2v) is 7.72. The van der Waals surface area contributed by atoms with Crippen LogP contribution in [0.3, 0.4) is 0 Å². The van der Waals surface area contributed by atoms with Crippen LogP contribution in [0.4, 0.5) is 0 Å². The Kier molecular flexibility index (Phi) is 6.09. The van der Waals surface area contributed by atoms with Crippen molar-refractivity contribution in [1.29, 1.82) is 0 Å². The SMILES string of the molecule is COCOC[C@H]1O[C@@H](n2c(C#Cc3ccccc3)cc(=O)[nH]c2=O)[C@@H]2OC(C)(C)O[C@@H]21. The molecule has 0 aliphatic carbocycles. The second-order valence-electron chi connectivity index (χ2n) is 7.72. The highest BCUT2D eigenvalue weighted by Crippen LogP contribution is 2.42. The Morgan fingerprint density at radius 3 is 2.61 bits per heavy atom. The fourth-order valence-electron chi connectivity index (χ4n) is 3.76. The number of nitrogens with one attached hydrogen (secondary N) is 1. The molecule has 2 saturated heterocycles. The summed E-state index contributed by atoms with van der Waals surface area (Å²) in [6.45, 7) is 3.87. The standard InChI is InChI=1S/C22H24N2O7/c1-22(2)30-18-16(12-28-13-27-3)29-20(19(18)31-22)24-15(11-17(25)23-21(24)26)10-9-14-7-5-4-6-8-14/h4-8,11,16,18-20H,12-13H2,1-3H3,(H,23,25,26)/t16-,18-,19-,20-/m1/s1. The van der Waals surface area contributed by atoms with Gasteiger partial charge in [-0.1, -0.05) is 24.1 Å². The highest BCUT2D eigenvalue weighted by atomic mass is 16.8. The molecule has 4 atom stereocenters. The molecule has 9 nitrogen and oxygen atoms in total. The monoisotopic (exact) mass is 428 g/mol. The zero-order valence-electron chi connectivity index (χ0n) is 17.5. The first kappa shape index (κ1) is 21.5. The summed E-state index contributed by atoms with van der Waals surface area (Å²) >= 11 is 0. The van der Waals surface area contributed by atoms with Crippen molar-refractivity contribution >= 4 is 0 Å². The van der Waals surface area contributed by atoms with Gasteiger partial charge in [-0.3, -0.25) is 14.3 Å². The third-order valence-corrected chi connectivity index (χ3v) is 4.95. The largest absolute Gasteiger partial charge is 0.359 e. The molecule has 164 valence electrons. The lowest BCUT2D eigenvalue weighted by molar-refractivity contribution is -0.205. The van der Waals surface area contributed by atoms with Gasteiger partial charge in [0.1, 0.15) is 30.8 Å². The summed E-state index contributed by atoms with van der Waals surface area (Å²) in [5.74, 6) is 5.04. The molecular formula is C22H24N2O7. The lowest BCUT2D eigenvalue weighted by Gasteiger charge is -2.25. The summed E-state index contributed by atoms with van der Waals surface area (Å²) in [4.78, 5) is 27.1. The summed E-state index contributed by atoms with van der Waals surface area (Å²) in [6, 6.07) is 10.5. The maximum Gasteiger partial charge on any atom is 0.331 e. The zero-order chi connectivity index (χ0) is 22.0. The topological polar surface area (TPSA) is 101 Å². The predicted molar refractivity (Wildman–Crippen MR) is 109 cm³/mol. The molecule has 2 aliphatic heterocycles. The number of hydrogen-bond acceptors (Lipinski definition) is 7. The van der Waals surface area contributed by atoms with Crippen LogP contribution in [-0.4, -0.2) is 54.2 Å². The molecule has 0 bridgehead atoms. The van der Waals surface area contributed by atoms with Crippen LogP contribution < -0.4 is 11.2 Å². The van der Waals surface area contributed by atoms with Gasteiger partial charge in [-0.2, -0.15) is 0 Å². The number of aromatic nitrogens is 2. The van der Waals surface area contributed by atoms with Crippen molar-refractivity contribution in [1.82, 2.24) is 9.55 Å². The first-order chi connectivity index (χ1) is 14.9. The highest BCUT2D eigenvalue weighted by Gasteiger charge is 2.56. The van der Waals surface area contributed by atoms with Crippen molar-refractivity contribution < 1.29 is 23.7 Å². The maximum atomic E-state index is 12.8. The van der Waals surface area contributed by atoms with Gasteiger partial charge in [0.25, 0.3) is 5.56 Å². The Morgan fingerprint density at radius 2 is 1.87 bits per heavy atom. The van der Waals surface area contributed by atoms with E-state index in [2.05, 4.69) is 16.8 Å². The first-order valence-corrected chi connectivity index (χ1v) is 9.89. The molecule has 1 N–H and O–H groups in total. The number of hydrogen-bond donors (Lipinski definition) is 1. The number of nitrogens with zero attached hydrogens (tertiary/aromatic N) is 1. The highest BCUT2D eigenvalue weighted by molar-refractivity contribution is 5.40. The molecule has 3 heterocycles. The molecule has 9 heteroatoms. The molecule has 0 spiro atoms. The number of benzene rings is 1. The van der Waals surface area contributed by atoms with Gasteiger partial charge in [0.05, 0.1) is 6.61 Å². The lowest BCUT2D eigenvalue weighted by atomic mass is 10.1. The Balaban J connectivity index is 1.72. The van der Waals surface area contributed by atoms with Crippen LogP contribution in [0.15, 0.2) is 46.0 Å². The van der Waals surface area contributed by atoms with E-state index in [9.17, 15) is 9.59 Å². The van der Waals surface area contributed by atoms with Crippen LogP contribution in [0.1, 0.15) is 31.3 Å². The van der Waals surface area contributed by atoms with Crippen LogP contribution in [0.2, 0.25) is 0 Å². The van der Waals surface area contributed by atoms with Gasteiger partial charge >= 0.3 is 5.69 Å². The smallest absolute Gasteiger partial charge is 0.331 e. The number of rotatable bonds is 5. The summed E-state index contributed by atoms with van der Waals surface area (Å²) in [6.07, 6.45) is -2.41. The number of aromatic amines is 1. The number of H-pyrrole nitrogens is 1. The summed E-state index contributed by atoms with van der Waals surface area (Å²) in [5, 5.41) is 0.